The summed E-state index contributed by atoms with van der Waals surface area (Å²) in [5, 5.41) is 3.35. The number of benzene rings is 1. The smallest absolute Gasteiger partial charge is 0.419 e. The lowest BCUT2D eigenvalue weighted by Gasteiger charge is -2.26. The number of nitrogens with one attached hydrogen (secondary N) is 1. The third kappa shape index (κ3) is 3.43. The highest BCUT2D eigenvalue weighted by Gasteiger charge is 2.44. The summed E-state index contributed by atoms with van der Waals surface area (Å²) < 4.78 is 10.8. The topological polar surface area (TPSA) is 67.9 Å². The maximum Gasteiger partial charge on any atom is 0.419 e. The van der Waals surface area contributed by atoms with Gasteiger partial charge >= 0.3 is 12.1 Å². The Morgan fingerprint density at radius 2 is 2.04 bits per heavy atom. The molecule has 23 heavy (non-hydrogen) atoms. The van der Waals surface area contributed by atoms with Gasteiger partial charge in [0.25, 0.3) is 0 Å². The Labute approximate surface area is 139 Å². The van der Waals surface area contributed by atoms with E-state index < -0.39 is 24.3 Å². The molecule has 0 saturated carbocycles. The van der Waals surface area contributed by atoms with E-state index in [4.69, 9.17) is 21.1 Å². The van der Waals surface area contributed by atoms with E-state index >= 15 is 0 Å². The molecule has 2 aliphatic heterocycles. The third-order valence-corrected chi connectivity index (χ3v) is 4.40. The van der Waals surface area contributed by atoms with Gasteiger partial charge in [0.15, 0.2) is 0 Å². The number of hydrogen-bond donors (Lipinski definition) is 1. The van der Waals surface area contributed by atoms with Crippen molar-refractivity contribution < 1.29 is 19.1 Å². The molecule has 0 aromatic heterocycles. The quantitative estimate of drug-likeness (QED) is 0.896. The average molecular weight is 339 g/mol. The predicted molar refractivity (Wildman–Crippen MR) is 84.1 cm³/mol. The van der Waals surface area contributed by atoms with Crippen LogP contribution in [0, 0.1) is 0 Å². The van der Waals surface area contributed by atoms with Crippen LogP contribution in [0.2, 0.25) is 5.02 Å². The minimum absolute atomic E-state index is 0.342. The number of imide groups is 1. The number of amides is 3. The van der Waals surface area contributed by atoms with Gasteiger partial charge < -0.3 is 14.8 Å². The summed E-state index contributed by atoms with van der Waals surface area (Å²) in [5.74, 6) is 0. The van der Waals surface area contributed by atoms with Gasteiger partial charge in [-0.2, -0.15) is 0 Å². The van der Waals surface area contributed by atoms with Crippen molar-refractivity contribution in [3.05, 3.63) is 34.9 Å². The van der Waals surface area contributed by atoms with Crippen molar-refractivity contribution in [1.29, 1.82) is 0 Å². The Kier molecular flexibility index (Phi) is 4.73. The molecule has 7 heteroatoms. The van der Waals surface area contributed by atoms with Crippen molar-refractivity contribution in [2.75, 3.05) is 6.61 Å². The molecule has 0 radical (unpaired) electrons. The summed E-state index contributed by atoms with van der Waals surface area (Å²) in [6.45, 7) is 2.41. The molecule has 3 unspecified atom stereocenters. The van der Waals surface area contributed by atoms with Gasteiger partial charge in [0.1, 0.15) is 12.3 Å². The van der Waals surface area contributed by atoms with Crippen LogP contribution < -0.4 is 5.32 Å². The monoisotopic (exact) mass is 338 g/mol. The average Bonchev–Trinajstić information content (AvgIpc) is 2.84. The van der Waals surface area contributed by atoms with Crippen LogP contribution in [0.25, 0.3) is 0 Å². The number of urea groups is 1. The van der Waals surface area contributed by atoms with Crippen LogP contribution in [0.15, 0.2) is 24.3 Å². The van der Waals surface area contributed by atoms with Gasteiger partial charge in [-0.3, -0.25) is 0 Å². The Morgan fingerprint density at radius 1 is 1.30 bits per heavy atom. The standard InChI is InChI=1S/C16H19ClN2O4/c1-10-14(11-5-7-12(17)8-6-11)23-16(21)19(10)15(20)18-13-4-2-3-9-22-13/h5-8,10,13-14H,2-4,9H2,1H3,(H,18,20). The van der Waals surface area contributed by atoms with Crippen molar-refractivity contribution in [3.63, 3.8) is 0 Å². The summed E-state index contributed by atoms with van der Waals surface area (Å²) in [6.07, 6.45) is 1.25. The van der Waals surface area contributed by atoms with Gasteiger partial charge in [-0.05, 0) is 43.9 Å². The van der Waals surface area contributed by atoms with E-state index in [0.717, 1.165) is 29.7 Å². The third-order valence-electron chi connectivity index (χ3n) is 4.15. The molecule has 124 valence electrons. The number of halogens is 1. The lowest BCUT2D eigenvalue weighted by molar-refractivity contribution is -0.0000136. The summed E-state index contributed by atoms with van der Waals surface area (Å²) in [5.41, 5.74) is 0.805. The van der Waals surface area contributed by atoms with Crippen molar-refractivity contribution in [2.24, 2.45) is 0 Å². The van der Waals surface area contributed by atoms with Gasteiger partial charge in [0.2, 0.25) is 0 Å². The van der Waals surface area contributed by atoms with Crippen LogP contribution in [0.1, 0.15) is 37.9 Å². The summed E-state index contributed by atoms with van der Waals surface area (Å²) in [4.78, 5) is 25.6. The molecule has 0 spiro atoms. The number of ether oxygens (including phenoxy) is 2. The zero-order valence-corrected chi connectivity index (χ0v) is 13.6. The van der Waals surface area contributed by atoms with Crippen LogP contribution in [0.4, 0.5) is 9.59 Å². The van der Waals surface area contributed by atoms with E-state index in [1.165, 1.54) is 0 Å². The molecule has 6 nitrogen and oxygen atoms in total. The number of carbonyl (C=O) groups excluding carboxylic acids is 2. The van der Waals surface area contributed by atoms with Crippen LogP contribution >= 0.6 is 11.6 Å². The van der Waals surface area contributed by atoms with Crippen molar-refractivity contribution in [2.45, 2.75) is 44.6 Å². The molecule has 1 aromatic carbocycles. The summed E-state index contributed by atoms with van der Waals surface area (Å²) in [7, 11) is 0. The maximum atomic E-state index is 12.4. The van der Waals surface area contributed by atoms with E-state index in [9.17, 15) is 9.59 Å². The predicted octanol–water partition coefficient (Wildman–Crippen LogP) is 3.46. The summed E-state index contributed by atoms with van der Waals surface area (Å²) in [6, 6.07) is 6.16. The van der Waals surface area contributed by atoms with E-state index in [1.54, 1.807) is 31.2 Å². The molecule has 0 bridgehead atoms. The molecule has 3 atom stereocenters. The number of hydrogen-bond acceptors (Lipinski definition) is 4. The maximum absolute atomic E-state index is 12.4. The van der Waals surface area contributed by atoms with Gasteiger partial charge in [0.05, 0.1) is 6.04 Å². The second kappa shape index (κ2) is 6.76. The first kappa shape index (κ1) is 16.1. The van der Waals surface area contributed by atoms with E-state index in [0.29, 0.717) is 11.6 Å². The van der Waals surface area contributed by atoms with Crippen LogP contribution in [0.5, 0.6) is 0 Å². The molecule has 0 aliphatic carbocycles. The second-order valence-electron chi connectivity index (χ2n) is 5.77. The van der Waals surface area contributed by atoms with E-state index in [2.05, 4.69) is 5.32 Å². The number of cyclic esters (lactones) is 1. The number of rotatable bonds is 2. The SMILES string of the molecule is CC1C(c2ccc(Cl)cc2)OC(=O)N1C(=O)NC1CCCCO1. The van der Waals surface area contributed by atoms with E-state index in [-0.39, 0.29) is 6.23 Å². The van der Waals surface area contributed by atoms with Gasteiger partial charge in [-0.25, -0.2) is 14.5 Å². The first-order valence-corrected chi connectivity index (χ1v) is 8.11. The highest BCUT2D eigenvalue weighted by Crippen LogP contribution is 2.33. The molecule has 3 amide bonds. The van der Waals surface area contributed by atoms with Crippen molar-refractivity contribution in [3.8, 4) is 0 Å². The molecule has 3 rings (SSSR count). The molecule has 2 fully saturated rings. The molecule has 2 saturated heterocycles. The van der Waals surface area contributed by atoms with Gasteiger partial charge in [-0.15, -0.1) is 0 Å². The molecule has 1 aromatic rings. The van der Waals surface area contributed by atoms with Gasteiger partial charge in [-0.1, -0.05) is 23.7 Å². The zero-order valence-electron chi connectivity index (χ0n) is 12.8. The first-order chi connectivity index (χ1) is 11.1. The minimum atomic E-state index is -0.647. The first-order valence-electron chi connectivity index (χ1n) is 7.73. The molecular weight excluding hydrogens is 320 g/mol. The lowest BCUT2D eigenvalue weighted by Crippen LogP contribution is -2.49. The minimum Gasteiger partial charge on any atom is -0.439 e. The normalized spacial score (nSPS) is 27.7. The fourth-order valence-electron chi connectivity index (χ4n) is 2.89. The van der Waals surface area contributed by atoms with Crippen molar-refractivity contribution >= 4 is 23.7 Å². The van der Waals surface area contributed by atoms with Crippen LogP contribution in [-0.4, -0.2) is 35.9 Å². The van der Waals surface area contributed by atoms with E-state index in [1.807, 2.05) is 0 Å². The van der Waals surface area contributed by atoms with Crippen LogP contribution in [-0.2, 0) is 9.47 Å². The highest BCUT2D eigenvalue weighted by atomic mass is 35.5. The highest BCUT2D eigenvalue weighted by molar-refractivity contribution is 6.30. The number of carbonyl (C=O) groups is 2. The lowest BCUT2D eigenvalue weighted by atomic mass is 10.0. The molecule has 2 heterocycles. The molecule has 1 N–H and O–H groups in total. The Balaban J connectivity index is 1.69. The Hall–Kier alpha value is -1.79. The zero-order chi connectivity index (χ0) is 16.4. The van der Waals surface area contributed by atoms with Crippen LogP contribution in [0.3, 0.4) is 0 Å². The van der Waals surface area contributed by atoms with Crippen molar-refractivity contribution in [1.82, 2.24) is 10.2 Å². The Bertz CT molecular complexity index is 586. The summed E-state index contributed by atoms with van der Waals surface area (Å²) >= 11 is 5.87. The van der Waals surface area contributed by atoms with Gasteiger partial charge in [0, 0.05) is 11.6 Å². The largest absolute Gasteiger partial charge is 0.439 e. The fraction of sp³-hybridized carbons (Fsp3) is 0.500. The number of nitrogens with zero attached hydrogens (tertiary/aromatic N) is 1. The molecular formula is C16H19ClN2O4. The Morgan fingerprint density at radius 3 is 2.70 bits per heavy atom. The second-order valence-corrected chi connectivity index (χ2v) is 6.21. The fourth-order valence-corrected chi connectivity index (χ4v) is 3.02. The molecule has 2 aliphatic rings.